The molecule has 0 aliphatic rings. The number of hydrogen-bond acceptors (Lipinski definition) is 3. The summed E-state index contributed by atoms with van der Waals surface area (Å²) in [6.07, 6.45) is 3.20. The molecular formula is C20H18ClNO3. The summed E-state index contributed by atoms with van der Waals surface area (Å²) >= 11 is 5.90. The van der Waals surface area contributed by atoms with Crippen molar-refractivity contribution in [1.82, 2.24) is 4.57 Å². The lowest BCUT2D eigenvalue weighted by atomic mass is 10.1. The molecule has 0 amide bonds. The van der Waals surface area contributed by atoms with Crippen LogP contribution in [0.25, 0.3) is 17.0 Å². The summed E-state index contributed by atoms with van der Waals surface area (Å²) in [4.78, 5) is 11.5. The van der Waals surface area contributed by atoms with Gasteiger partial charge in [0.15, 0.2) is 0 Å². The van der Waals surface area contributed by atoms with E-state index in [0.29, 0.717) is 11.6 Å². The fraction of sp³-hybridized carbons (Fsp3) is 0.150. The van der Waals surface area contributed by atoms with Gasteiger partial charge in [-0.15, -0.1) is 0 Å². The Morgan fingerprint density at radius 3 is 2.60 bits per heavy atom. The SMILES string of the molecule is COC(=O)/C=C/c1c(COc2ccc(Cl)cc2)n(C)c2ccccc12. The number of halogens is 1. The maximum atomic E-state index is 11.5. The number of fused-ring (bicyclic) bond motifs is 1. The van der Waals surface area contributed by atoms with Crippen molar-refractivity contribution in [2.45, 2.75) is 6.61 Å². The lowest BCUT2D eigenvalue weighted by Crippen LogP contribution is -2.03. The largest absolute Gasteiger partial charge is 0.487 e. The van der Waals surface area contributed by atoms with Gasteiger partial charge in [-0.3, -0.25) is 0 Å². The third kappa shape index (κ3) is 3.69. The van der Waals surface area contributed by atoms with E-state index in [4.69, 9.17) is 21.1 Å². The monoisotopic (exact) mass is 355 g/mol. The summed E-state index contributed by atoms with van der Waals surface area (Å²) in [5, 5.41) is 1.72. The Bertz CT molecular complexity index is 926. The normalized spacial score (nSPS) is 11.2. The molecule has 0 aliphatic carbocycles. The van der Waals surface area contributed by atoms with Crippen LogP contribution in [0, 0.1) is 0 Å². The predicted molar refractivity (Wildman–Crippen MR) is 99.8 cm³/mol. The molecule has 0 atom stereocenters. The van der Waals surface area contributed by atoms with Crippen molar-refractivity contribution in [2.24, 2.45) is 7.05 Å². The van der Waals surface area contributed by atoms with Crippen LogP contribution in [-0.2, 0) is 23.2 Å². The molecule has 25 heavy (non-hydrogen) atoms. The first-order valence-corrected chi connectivity index (χ1v) is 8.18. The molecule has 4 nitrogen and oxygen atoms in total. The van der Waals surface area contributed by atoms with Crippen LogP contribution in [-0.4, -0.2) is 17.6 Å². The van der Waals surface area contributed by atoms with Crippen molar-refractivity contribution >= 4 is 34.5 Å². The lowest BCUT2D eigenvalue weighted by molar-refractivity contribution is -0.134. The van der Waals surface area contributed by atoms with Gasteiger partial charge >= 0.3 is 5.97 Å². The molecule has 3 aromatic rings. The number of ether oxygens (including phenoxy) is 2. The molecular weight excluding hydrogens is 338 g/mol. The highest BCUT2D eigenvalue weighted by Crippen LogP contribution is 2.28. The van der Waals surface area contributed by atoms with Gasteiger partial charge in [0, 0.05) is 34.6 Å². The van der Waals surface area contributed by atoms with Crippen LogP contribution in [0.15, 0.2) is 54.6 Å². The molecule has 0 radical (unpaired) electrons. The molecule has 3 rings (SSSR count). The van der Waals surface area contributed by atoms with Crippen molar-refractivity contribution in [3.8, 4) is 5.75 Å². The van der Waals surface area contributed by atoms with Crippen LogP contribution in [0.5, 0.6) is 5.75 Å². The van der Waals surface area contributed by atoms with Crippen molar-refractivity contribution in [3.05, 3.63) is 70.9 Å². The van der Waals surface area contributed by atoms with E-state index in [2.05, 4.69) is 4.57 Å². The summed E-state index contributed by atoms with van der Waals surface area (Å²) in [5.41, 5.74) is 2.98. The topological polar surface area (TPSA) is 40.5 Å². The number of nitrogens with zero attached hydrogens (tertiary/aromatic N) is 1. The minimum atomic E-state index is -0.391. The van der Waals surface area contributed by atoms with Gasteiger partial charge in [0.25, 0.3) is 0 Å². The molecule has 2 aromatic carbocycles. The molecule has 0 saturated carbocycles. The Kier molecular flexibility index (Phi) is 5.10. The second kappa shape index (κ2) is 7.45. The molecule has 1 aromatic heterocycles. The number of aryl methyl sites for hydroxylation is 1. The first-order valence-electron chi connectivity index (χ1n) is 7.81. The van der Waals surface area contributed by atoms with E-state index in [1.807, 2.05) is 43.4 Å². The van der Waals surface area contributed by atoms with Crippen LogP contribution < -0.4 is 4.74 Å². The van der Waals surface area contributed by atoms with E-state index in [1.54, 1.807) is 18.2 Å². The maximum absolute atomic E-state index is 11.5. The second-order valence-electron chi connectivity index (χ2n) is 5.54. The fourth-order valence-corrected chi connectivity index (χ4v) is 2.86. The number of para-hydroxylation sites is 1. The first-order chi connectivity index (χ1) is 12.1. The third-order valence-corrected chi connectivity index (χ3v) is 4.30. The predicted octanol–water partition coefficient (Wildman–Crippen LogP) is 4.60. The summed E-state index contributed by atoms with van der Waals surface area (Å²) in [6, 6.07) is 15.3. The number of carbonyl (C=O) groups excluding carboxylic acids is 1. The molecule has 0 spiro atoms. The molecule has 0 N–H and O–H groups in total. The highest BCUT2D eigenvalue weighted by atomic mass is 35.5. The van der Waals surface area contributed by atoms with Crippen molar-refractivity contribution < 1.29 is 14.3 Å². The summed E-state index contributed by atoms with van der Waals surface area (Å²) in [7, 11) is 3.35. The molecule has 0 fully saturated rings. The van der Waals surface area contributed by atoms with Crippen LogP contribution in [0.1, 0.15) is 11.3 Å². The van der Waals surface area contributed by atoms with Gasteiger partial charge < -0.3 is 14.0 Å². The Morgan fingerprint density at radius 1 is 1.16 bits per heavy atom. The highest BCUT2D eigenvalue weighted by Gasteiger charge is 2.14. The first kappa shape index (κ1) is 17.1. The van der Waals surface area contributed by atoms with Gasteiger partial charge in [-0.1, -0.05) is 29.8 Å². The number of carbonyl (C=O) groups is 1. The van der Waals surface area contributed by atoms with E-state index in [-0.39, 0.29) is 0 Å². The average molecular weight is 356 g/mol. The minimum absolute atomic E-state index is 0.369. The van der Waals surface area contributed by atoms with Crippen LogP contribution in [0.3, 0.4) is 0 Å². The van der Waals surface area contributed by atoms with Gasteiger partial charge in [-0.2, -0.15) is 0 Å². The molecule has 1 heterocycles. The van der Waals surface area contributed by atoms with Crippen LogP contribution in [0.4, 0.5) is 0 Å². The highest BCUT2D eigenvalue weighted by molar-refractivity contribution is 6.30. The Labute approximate surface area is 151 Å². The standard InChI is InChI=1S/C20H18ClNO3/c1-22-18-6-4-3-5-16(18)17(11-12-20(23)24-2)19(22)13-25-15-9-7-14(21)8-10-15/h3-12H,13H2,1-2H3/b12-11+. The Hall–Kier alpha value is -2.72. The van der Waals surface area contributed by atoms with Crippen molar-refractivity contribution in [1.29, 1.82) is 0 Å². The van der Waals surface area contributed by atoms with E-state index >= 15 is 0 Å². The second-order valence-corrected chi connectivity index (χ2v) is 5.97. The van der Waals surface area contributed by atoms with E-state index in [1.165, 1.54) is 13.2 Å². The zero-order valence-corrected chi connectivity index (χ0v) is 14.8. The molecule has 0 saturated heterocycles. The van der Waals surface area contributed by atoms with Gasteiger partial charge in [-0.05, 0) is 36.4 Å². The number of aromatic nitrogens is 1. The van der Waals surface area contributed by atoms with E-state index < -0.39 is 5.97 Å². The smallest absolute Gasteiger partial charge is 0.330 e. The van der Waals surface area contributed by atoms with Crippen LogP contribution in [0.2, 0.25) is 5.02 Å². The molecule has 128 valence electrons. The van der Waals surface area contributed by atoms with Crippen molar-refractivity contribution in [3.63, 3.8) is 0 Å². The molecule has 0 aliphatic heterocycles. The quantitative estimate of drug-likeness (QED) is 0.496. The van der Waals surface area contributed by atoms with Gasteiger partial charge in [0.1, 0.15) is 12.4 Å². The number of rotatable bonds is 5. The number of hydrogen-bond donors (Lipinski definition) is 0. The van der Waals surface area contributed by atoms with Gasteiger partial charge in [0.05, 0.1) is 12.8 Å². The zero-order chi connectivity index (χ0) is 17.8. The summed E-state index contributed by atoms with van der Waals surface area (Å²) in [5.74, 6) is 0.343. The van der Waals surface area contributed by atoms with E-state index in [9.17, 15) is 4.79 Å². The number of esters is 1. The third-order valence-electron chi connectivity index (χ3n) is 4.05. The Morgan fingerprint density at radius 2 is 1.88 bits per heavy atom. The average Bonchev–Trinajstić information content (AvgIpc) is 2.91. The number of benzene rings is 2. The van der Waals surface area contributed by atoms with Crippen molar-refractivity contribution in [2.75, 3.05) is 7.11 Å². The fourth-order valence-electron chi connectivity index (χ4n) is 2.74. The number of methoxy groups -OCH3 is 1. The summed E-state index contributed by atoms with van der Waals surface area (Å²) in [6.45, 7) is 0.369. The summed E-state index contributed by atoms with van der Waals surface area (Å²) < 4.78 is 12.7. The van der Waals surface area contributed by atoms with Gasteiger partial charge in [0.2, 0.25) is 0 Å². The molecule has 0 unspecified atom stereocenters. The maximum Gasteiger partial charge on any atom is 0.330 e. The Balaban J connectivity index is 1.97. The molecule has 0 bridgehead atoms. The zero-order valence-electron chi connectivity index (χ0n) is 14.0. The molecule has 5 heteroatoms. The minimum Gasteiger partial charge on any atom is -0.487 e. The van der Waals surface area contributed by atoms with E-state index in [0.717, 1.165) is 27.9 Å². The van der Waals surface area contributed by atoms with Crippen LogP contribution >= 0.6 is 11.6 Å². The lowest BCUT2D eigenvalue weighted by Gasteiger charge is -2.09. The van der Waals surface area contributed by atoms with Gasteiger partial charge in [-0.25, -0.2) is 4.79 Å².